The molecule has 0 aliphatic rings. The van der Waals surface area contributed by atoms with Crippen LogP contribution in [0.4, 0.5) is 0 Å². The van der Waals surface area contributed by atoms with Gasteiger partial charge in [0, 0.05) is 13.0 Å². The normalized spacial score (nSPS) is 12.4. The molecule has 38 heavy (non-hydrogen) atoms. The summed E-state index contributed by atoms with van der Waals surface area (Å²) in [6, 6.07) is 0. The smallest absolute Gasteiger partial charge is 0.305 e. The van der Waals surface area contributed by atoms with Gasteiger partial charge in [-0.25, -0.2) is 0 Å². The van der Waals surface area contributed by atoms with Crippen LogP contribution >= 0.6 is 0 Å². The van der Waals surface area contributed by atoms with E-state index in [-0.39, 0.29) is 12.6 Å². The maximum Gasteiger partial charge on any atom is 0.305 e. The molecular weight excluding hydrogens is 472 g/mol. The van der Waals surface area contributed by atoms with E-state index >= 15 is 0 Å². The second-order valence-electron chi connectivity index (χ2n) is 11.2. The maximum absolute atomic E-state index is 11.2. The van der Waals surface area contributed by atoms with Gasteiger partial charge in [-0.05, 0) is 32.1 Å². The highest BCUT2D eigenvalue weighted by atomic mass is 16.6. The van der Waals surface area contributed by atoms with E-state index in [2.05, 4.69) is 19.1 Å². The molecule has 0 amide bonds. The molecule has 0 heterocycles. The van der Waals surface area contributed by atoms with Crippen molar-refractivity contribution in [2.24, 2.45) is 0 Å². The van der Waals surface area contributed by atoms with Crippen molar-refractivity contribution in [2.75, 3.05) is 19.8 Å². The van der Waals surface area contributed by atoms with Gasteiger partial charge in [0.2, 0.25) is 0 Å². The number of unbranched alkanes of at least 4 members (excludes halogenated alkanes) is 22. The fourth-order valence-corrected chi connectivity index (χ4v) is 4.83. The molecule has 0 bridgehead atoms. The molecule has 1 N–H and O–H groups in total. The van der Waals surface area contributed by atoms with Gasteiger partial charge in [-0.3, -0.25) is 4.79 Å². The topological polar surface area (TPSA) is 55.8 Å². The van der Waals surface area contributed by atoms with E-state index in [1.165, 1.54) is 148 Å². The number of carbonyl (C=O) groups is 1. The summed E-state index contributed by atoms with van der Waals surface area (Å²) in [6.07, 6.45) is 37.4. The summed E-state index contributed by atoms with van der Waals surface area (Å²) in [4.78, 5) is 11.2. The summed E-state index contributed by atoms with van der Waals surface area (Å²) in [5.74, 6) is -0.286. The summed E-state index contributed by atoms with van der Waals surface area (Å²) >= 11 is 0. The van der Waals surface area contributed by atoms with E-state index in [0.717, 1.165) is 6.42 Å². The van der Waals surface area contributed by atoms with Gasteiger partial charge in [0.05, 0.1) is 13.2 Å². The Bertz CT molecular complexity index is 491. The molecule has 0 radical (unpaired) electrons. The number of hydrogen-bond donors (Lipinski definition) is 1. The minimum absolute atomic E-state index is 0.178. The van der Waals surface area contributed by atoms with Crippen molar-refractivity contribution >= 4 is 5.97 Å². The Balaban J connectivity index is 3.18. The van der Waals surface area contributed by atoms with Crippen LogP contribution in [0.25, 0.3) is 0 Å². The van der Waals surface area contributed by atoms with Crippen molar-refractivity contribution in [2.45, 2.75) is 180 Å². The Kier molecular flexibility index (Phi) is 31.6. The fourth-order valence-electron chi connectivity index (χ4n) is 4.83. The molecule has 0 aliphatic heterocycles. The summed E-state index contributed by atoms with van der Waals surface area (Å²) < 4.78 is 10.6. The predicted molar refractivity (Wildman–Crippen MR) is 164 cm³/mol. The Morgan fingerprint density at radius 3 is 1.39 bits per heavy atom. The standard InChI is InChI=1S/C34H66O4/c1-3-5-6-7-8-9-10-11-12-13-14-15-16-17-18-19-20-21-22-23-24-25-26-27-28-29-30-37-32-33(31-35)38-34(36)4-2/h13-14,33,35H,3-12,15-32H2,1-2H3/b14-13-. The van der Waals surface area contributed by atoms with E-state index in [1.54, 1.807) is 6.92 Å². The number of hydrogen-bond acceptors (Lipinski definition) is 4. The van der Waals surface area contributed by atoms with Crippen molar-refractivity contribution in [3.63, 3.8) is 0 Å². The van der Waals surface area contributed by atoms with Gasteiger partial charge in [-0.1, -0.05) is 148 Å². The van der Waals surface area contributed by atoms with Crippen molar-refractivity contribution in [3.05, 3.63) is 12.2 Å². The largest absolute Gasteiger partial charge is 0.457 e. The molecule has 0 saturated heterocycles. The highest BCUT2D eigenvalue weighted by Gasteiger charge is 2.12. The van der Waals surface area contributed by atoms with Crippen molar-refractivity contribution in [3.8, 4) is 0 Å². The lowest BCUT2D eigenvalue weighted by Gasteiger charge is -2.15. The van der Waals surface area contributed by atoms with Gasteiger partial charge in [-0.15, -0.1) is 0 Å². The molecule has 4 nitrogen and oxygen atoms in total. The lowest BCUT2D eigenvalue weighted by molar-refractivity contribution is -0.154. The van der Waals surface area contributed by atoms with E-state index < -0.39 is 6.10 Å². The first-order valence-corrected chi connectivity index (χ1v) is 16.8. The molecule has 0 aromatic rings. The first kappa shape index (κ1) is 37.1. The number of aliphatic hydroxyl groups is 1. The van der Waals surface area contributed by atoms with Crippen LogP contribution in [0.5, 0.6) is 0 Å². The average Bonchev–Trinajstić information content (AvgIpc) is 2.93. The molecule has 1 unspecified atom stereocenters. The van der Waals surface area contributed by atoms with Crippen LogP contribution in [0.1, 0.15) is 174 Å². The quantitative estimate of drug-likeness (QED) is 0.0542. The second-order valence-corrected chi connectivity index (χ2v) is 11.2. The number of aliphatic hydroxyl groups excluding tert-OH is 1. The zero-order chi connectivity index (χ0) is 27.8. The number of rotatable bonds is 31. The summed E-state index contributed by atoms with van der Waals surface area (Å²) in [6.45, 7) is 4.83. The monoisotopic (exact) mass is 538 g/mol. The van der Waals surface area contributed by atoms with Crippen LogP contribution in [0, 0.1) is 0 Å². The third kappa shape index (κ3) is 29.7. The SMILES string of the molecule is CCCCCCCCCC/C=C\CCCCCCCCCCCCCCCCOCC(CO)OC(=O)CC. The number of ether oxygens (including phenoxy) is 2. The molecule has 0 fully saturated rings. The molecule has 0 aromatic heterocycles. The van der Waals surface area contributed by atoms with Crippen LogP contribution in [0.3, 0.4) is 0 Å². The maximum atomic E-state index is 11.2. The minimum atomic E-state index is -0.524. The summed E-state index contributed by atoms with van der Waals surface area (Å²) in [5.41, 5.74) is 0. The molecule has 4 heteroatoms. The Morgan fingerprint density at radius 1 is 0.605 bits per heavy atom. The van der Waals surface area contributed by atoms with Gasteiger partial charge in [-0.2, -0.15) is 0 Å². The van der Waals surface area contributed by atoms with Crippen LogP contribution in [-0.2, 0) is 14.3 Å². The molecule has 0 aromatic carbocycles. The second kappa shape index (κ2) is 32.3. The Hall–Kier alpha value is -0.870. The van der Waals surface area contributed by atoms with Crippen molar-refractivity contribution < 1.29 is 19.4 Å². The van der Waals surface area contributed by atoms with Crippen molar-refractivity contribution in [1.82, 2.24) is 0 Å². The Morgan fingerprint density at radius 2 is 1.00 bits per heavy atom. The number of esters is 1. The van der Waals surface area contributed by atoms with Crippen LogP contribution in [-0.4, -0.2) is 37.0 Å². The van der Waals surface area contributed by atoms with E-state index in [0.29, 0.717) is 19.6 Å². The molecule has 0 saturated carbocycles. The van der Waals surface area contributed by atoms with E-state index in [4.69, 9.17) is 9.47 Å². The highest BCUT2D eigenvalue weighted by molar-refractivity contribution is 5.69. The van der Waals surface area contributed by atoms with Gasteiger partial charge >= 0.3 is 5.97 Å². The number of allylic oxidation sites excluding steroid dienone is 2. The first-order chi connectivity index (χ1) is 18.7. The van der Waals surface area contributed by atoms with E-state index in [9.17, 15) is 9.90 Å². The zero-order valence-corrected chi connectivity index (χ0v) is 25.7. The van der Waals surface area contributed by atoms with Crippen LogP contribution in [0.2, 0.25) is 0 Å². The third-order valence-corrected chi connectivity index (χ3v) is 7.39. The summed E-state index contributed by atoms with van der Waals surface area (Å²) in [5, 5.41) is 9.21. The van der Waals surface area contributed by atoms with Gasteiger partial charge in [0.15, 0.2) is 0 Å². The van der Waals surface area contributed by atoms with Gasteiger partial charge in [0.25, 0.3) is 0 Å². The fraction of sp³-hybridized carbons (Fsp3) is 0.912. The molecule has 0 aliphatic carbocycles. The van der Waals surface area contributed by atoms with Gasteiger partial charge < -0.3 is 14.6 Å². The average molecular weight is 539 g/mol. The highest BCUT2D eigenvalue weighted by Crippen LogP contribution is 2.14. The van der Waals surface area contributed by atoms with Crippen molar-refractivity contribution in [1.29, 1.82) is 0 Å². The summed E-state index contributed by atoms with van der Waals surface area (Å²) in [7, 11) is 0. The molecule has 0 spiro atoms. The lowest BCUT2D eigenvalue weighted by atomic mass is 10.0. The Labute approximate surface area is 237 Å². The lowest BCUT2D eigenvalue weighted by Crippen LogP contribution is -2.27. The molecule has 0 rings (SSSR count). The molecule has 226 valence electrons. The van der Waals surface area contributed by atoms with Gasteiger partial charge in [0.1, 0.15) is 6.10 Å². The zero-order valence-electron chi connectivity index (χ0n) is 25.7. The minimum Gasteiger partial charge on any atom is -0.457 e. The third-order valence-electron chi connectivity index (χ3n) is 7.39. The number of carbonyl (C=O) groups excluding carboxylic acids is 1. The van der Waals surface area contributed by atoms with E-state index in [1.807, 2.05) is 0 Å². The molecular formula is C34H66O4. The first-order valence-electron chi connectivity index (χ1n) is 16.8. The predicted octanol–water partition coefficient (Wildman–Crippen LogP) is 10.3. The van der Waals surface area contributed by atoms with Crippen LogP contribution in [0.15, 0.2) is 12.2 Å². The molecule has 1 atom stereocenters. The van der Waals surface area contributed by atoms with Crippen LogP contribution < -0.4 is 0 Å².